The van der Waals surface area contributed by atoms with E-state index >= 15 is 0 Å². The fourth-order valence-corrected chi connectivity index (χ4v) is 4.10. The summed E-state index contributed by atoms with van der Waals surface area (Å²) in [6.45, 7) is 4.84. The number of rotatable bonds is 6. The highest BCUT2D eigenvalue weighted by atomic mass is 32.2. The summed E-state index contributed by atoms with van der Waals surface area (Å²) in [6, 6.07) is 8.16. The van der Waals surface area contributed by atoms with Crippen LogP contribution in [0.15, 0.2) is 24.3 Å². The molecule has 1 aromatic rings. The molecule has 0 saturated carbocycles. The first-order valence-electron chi connectivity index (χ1n) is 7.39. The van der Waals surface area contributed by atoms with Crippen LogP contribution in [0.25, 0.3) is 0 Å². The summed E-state index contributed by atoms with van der Waals surface area (Å²) < 4.78 is 26.5. The molecule has 0 amide bonds. The van der Waals surface area contributed by atoms with Gasteiger partial charge < -0.3 is 5.32 Å². The molecule has 1 aliphatic rings. The summed E-state index contributed by atoms with van der Waals surface area (Å²) in [5.74, 6) is 0.238. The standard InChI is InChI=1S/C15H24N2O2S/c1-2-16-10-6-12-20(18,19)17-11-5-9-14-7-3-4-8-15(14)13-17/h3-4,7-8,16H,2,5-6,9-13H2,1H3. The first-order valence-corrected chi connectivity index (χ1v) is 8.99. The molecule has 0 atom stereocenters. The second-order valence-corrected chi connectivity index (χ2v) is 7.32. The number of hydrogen-bond acceptors (Lipinski definition) is 3. The number of fused-ring (bicyclic) bond motifs is 1. The normalized spacial score (nSPS) is 16.6. The Morgan fingerprint density at radius 1 is 1.25 bits per heavy atom. The van der Waals surface area contributed by atoms with Gasteiger partial charge in [-0.1, -0.05) is 31.2 Å². The molecule has 0 bridgehead atoms. The van der Waals surface area contributed by atoms with Crippen molar-refractivity contribution >= 4 is 10.0 Å². The largest absolute Gasteiger partial charge is 0.317 e. The van der Waals surface area contributed by atoms with Gasteiger partial charge in [0.15, 0.2) is 0 Å². The van der Waals surface area contributed by atoms with Crippen LogP contribution in [0.2, 0.25) is 0 Å². The summed E-state index contributed by atoms with van der Waals surface area (Å²) >= 11 is 0. The molecular weight excluding hydrogens is 272 g/mol. The summed E-state index contributed by atoms with van der Waals surface area (Å²) in [5, 5.41) is 3.17. The van der Waals surface area contributed by atoms with Crippen molar-refractivity contribution in [2.75, 3.05) is 25.4 Å². The van der Waals surface area contributed by atoms with Crippen LogP contribution >= 0.6 is 0 Å². The van der Waals surface area contributed by atoms with E-state index in [1.54, 1.807) is 4.31 Å². The van der Waals surface area contributed by atoms with Gasteiger partial charge in [-0.2, -0.15) is 4.31 Å². The molecule has 0 radical (unpaired) electrons. The molecule has 1 aromatic carbocycles. The number of benzene rings is 1. The molecule has 0 aromatic heterocycles. The Hall–Kier alpha value is -0.910. The lowest BCUT2D eigenvalue weighted by Crippen LogP contribution is -2.33. The van der Waals surface area contributed by atoms with Gasteiger partial charge in [0.2, 0.25) is 10.0 Å². The third kappa shape index (κ3) is 4.04. The molecule has 20 heavy (non-hydrogen) atoms. The Balaban J connectivity index is 2.01. The summed E-state index contributed by atoms with van der Waals surface area (Å²) in [6.07, 6.45) is 2.55. The highest BCUT2D eigenvalue weighted by Gasteiger charge is 2.24. The quantitative estimate of drug-likeness (QED) is 0.814. The van der Waals surface area contributed by atoms with Crippen molar-refractivity contribution in [3.05, 3.63) is 35.4 Å². The molecule has 0 fully saturated rings. The molecule has 0 aliphatic carbocycles. The van der Waals surface area contributed by atoms with Crippen molar-refractivity contribution in [2.24, 2.45) is 0 Å². The van der Waals surface area contributed by atoms with Crippen molar-refractivity contribution < 1.29 is 8.42 Å². The Morgan fingerprint density at radius 3 is 2.75 bits per heavy atom. The first kappa shape index (κ1) is 15.5. The average Bonchev–Trinajstić information content (AvgIpc) is 2.66. The minimum atomic E-state index is -3.14. The zero-order valence-electron chi connectivity index (χ0n) is 12.1. The van der Waals surface area contributed by atoms with E-state index < -0.39 is 10.0 Å². The fourth-order valence-electron chi connectivity index (χ4n) is 2.59. The molecule has 2 rings (SSSR count). The molecule has 0 unspecified atom stereocenters. The van der Waals surface area contributed by atoms with Gasteiger partial charge in [-0.25, -0.2) is 8.42 Å². The van der Waals surface area contributed by atoms with Crippen molar-refractivity contribution in [1.29, 1.82) is 0 Å². The van der Waals surface area contributed by atoms with Crippen molar-refractivity contribution in [3.8, 4) is 0 Å². The highest BCUT2D eigenvalue weighted by molar-refractivity contribution is 7.89. The second kappa shape index (κ2) is 7.20. The van der Waals surface area contributed by atoms with Crippen molar-refractivity contribution in [2.45, 2.75) is 32.7 Å². The van der Waals surface area contributed by atoms with E-state index in [-0.39, 0.29) is 5.75 Å². The number of aryl methyl sites for hydroxylation is 1. The Morgan fingerprint density at radius 2 is 2.00 bits per heavy atom. The predicted octanol–water partition coefficient (Wildman–Crippen LogP) is 1.76. The van der Waals surface area contributed by atoms with Crippen LogP contribution in [0.5, 0.6) is 0 Å². The van der Waals surface area contributed by atoms with Crippen LogP contribution in [0.3, 0.4) is 0 Å². The van der Waals surface area contributed by atoms with E-state index in [0.29, 0.717) is 19.5 Å². The maximum Gasteiger partial charge on any atom is 0.214 e. The van der Waals surface area contributed by atoms with Gasteiger partial charge in [0.1, 0.15) is 0 Å². The van der Waals surface area contributed by atoms with Crippen molar-refractivity contribution in [3.63, 3.8) is 0 Å². The van der Waals surface area contributed by atoms with E-state index in [1.807, 2.05) is 25.1 Å². The van der Waals surface area contributed by atoms with E-state index in [2.05, 4.69) is 11.4 Å². The van der Waals surface area contributed by atoms with Crippen LogP contribution in [0.4, 0.5) is 0 Å². The zero-order valence-corrected chi connectivity index (χ0v) is 13.0. The van der Waals surface area contributed by atoms with E-state index in [1.165, 1.54) is 5.56 Å². The minimum absolute atomic E-state index is 0.238. The minimum Gasteiger partial charge on any atom is -0.317 e. The number of hydrogen-bond donors (Lipinski definition) is 1. The lowest BCUT2D eigenvalue weighted by atomic mass is 10.0. The maximum atomic E-state index is 12.4. The van der Waals surface area contributed by atoms with E-state index in [9.17, 15) is 8.42 Å². The van der Waals surface area contributed by atoms with Crippen molar-refractivity contribution in [1.82, 2.24) is 9.62 Å². The molecule has 112 valence electrons. The molecule has 1 N–H and O–H groups in total. The molecular formula is C15H24N2O2S. The molecule has 1 aliphatic heterocycles. The lowest BCUT2D eigenvalue weighted by Gasteiger charge is -2.20. The predicted molar refractivity (Wildman–Crippen MR) is 82.1 cm³/mol. The van der Waals surface area contributed by atoms with Gasteiger partial charge in [-0.05, 0) is 43.5 Å². The zero-order chi connectivity index (χ0) is 14.4. The third-order valence-corrected chi connectivity index (χ3v) is 5.62. The molecule has 5 heteroatoms. The van der Waals surface area contributed by atoms with Gasteiger partial charge in [0, 0.05) is 13.1 Å². The summed E-state index contributed by atoms with van der Waals surface area (Å²) in [5.41, 5.74) is 2.44. The lowest BCUT2D eigenvalue weighted by molar-refractivity contribution is 0.409. The van der Waals surface area contributed by atoms with Gasteiger partial charge in [-0.15, -0.1) is 0 Å². The van der Waals surface area contributed by atoms with Gasteiger partial charge in [0.05, 0.1) is 5.75 Å². The molecule has 0 spiro atoms. The first-order chi connectivity index (χ1) is 9.63. The number of nitrogens with one attached hydrogen (secondary N) is 1. The molecule has 0 saturated heterocycles. The SMILES string of the molecule is CCNCCCS(=O)(=O)N1CCCc2ccccc2C1. The van der Waals surface area contributed by atoms with Gasteiger partial charge in [-0.3, -0.25) is 0 Å². The maximum absolute atomic E-state index is 12.4. The smallest absolute Gasteiger partial charge is 0.214 e. The second-order valence-electron chi connectivity index (χ2n) is 5.23. The number of nitrogens with zero attached hydrogens (tertiary/aromatic N) is 1. The van der Waals surface area contributed by atoms with Crippen LogP contribution in [0, 0.1) is 0 Å². The van der Waals surface area contributed by atoms with Crippen LogP contribution < -0.4 is 5.32 Å². The van der Waals surface area contributed by atoms with Gasteiger partial charge in [0.25, 0.3) is 0 Å². The Kier molecular flexibility index (Phi) is 5.57. The molecule has 4 nitrogen and oxygen atoms in total. The highest BCUT2D eigenvalue weighted by Crippen LogP contribution is 2.20. The Labute approximate surface area is 122 Å². The van der Waals surface area contributed by atoms with E-state index in [4.69, 9.17) is 0 Å². The summed E-state index contributed by atoms with van der Waals surface area (Å²) in [4.78, 5) is 0. The topological polar surface area (TPSA) is 49.4 Å². The van der Waals surface area contributed by atoms with E-state index in [0.717, 1.165) is 31.5 Å². The van der Waals surface area contributed by atoms with Gasteiger partial charge >= 0.3 is 0 Å². The third-order valence-electron chi connectivity index (χ3n) is 3.72. The average molecular weight is 296 g/mol. The van der Waals surface area contributed by atoms with Crippen LogP contribution in [-0.2, 0) is 23.0 Å². The Bertz CT molecular complexity index is 528. The van der Waals surface area contributed by atoms with Crippen LogP contribution in [0.1, 0.15) is 30.9 Å². The molecule has 1 heterocycles. The van der Waals surface area contributed by atoms with Crippen LogP contribution in [-0.4, -0.2) is 38.1 Å². The monoisotopic (exact) mass is 296 g/mol. The fraction of sp³-hybridized carbons (Fsp3) is 0.600. The summed E-state index contributed by atoms with van der Waals surface area (Å²) in [7, 11) is -3.14. The number of sulfonamides is 1.